The Labute approximate surface area is 513 Å². The van der Waals surface area contributed by atoms with Crippen LogP contribution in [-0.2, 0) is 28.6 Å². The fourth-order valence-corrected chi connectivity index (χ4v) is 9.48. The van der Waals surface area contributed by atoms with Gasteiger partial charge in [0, 0.05) is 19.3 Å². The molecule has 0 spiro atoms. The number of carbonyl (C=O) groups is 3. The van der Waals surface area contributed by atoms with E-state index >= 15 is 0 Å². The van der Waals surface area contributed by atoms with Crippen LogP contribution in [-0.4, -0.2) is 37.2 Å². The second kappa shape index (κ2) is 70.0. The van der Waals surface area contributed by atoms with Crippen molar-refractivity contribution in [2.45, 2.75) is 322 Å². The number of esters is 3. The third-order valence-electron chi connectivity index (χ3n) is 14.6. The normalized spacial score (nSPS) is 13.0. The smallest absolute Gasteiger partial charge is 0.306 e. The fourth-order valence-electron chi connectivity index (χ4n) is 9.48. The van der Waals surface area contributed by atoms with E-state index in [1.807, 2.05) is 0 Å². The van der Waals surface area contributed by atoms with Crippen LogP contribution in [0.5, 0.6) is 0 Å². The van der Waals surface area contributed by atoms with E-state index in [4.69, 9.17) is 14.2 Å². The molecule has 0 saturated carbocycles. The highest BCUT2D eigenvalue weighted by atomic mass is 16.6. The Bertz CT molecular complexity index is 1750. The lowest BCUT2D eigenvalue weighted by molar-refractivity contribution is -0.167. The molecule has 472 valence electrons. The second-order valence-corrected chi connectivity index (χ2v) is 22.7. The van der Waals surface area contributed by atoms with Crippen molar-refractivity contribution in [3.8, 4) is 0 Å². The Morgan fingerprint density at radius 2 is 0.482 bits per heavy atom. The monoisotopic (exact) mass is 1150 g/mol. The van der Waals surface area contributed by atoms with Crippen molar-refractivity contribution < 1.29 is 28.6 Å². The molecule has 0 amide bonds. The van der Waals surface area contributed by atoms with Crippen LogP contribution in [0, 0.1) is 0 Å². The Hall–Kier alpha value is -4.45. The van der Waals surface area contributed by atoms with Gasteiger partial charge < -0.3 is 14.2 Å². The van der Waals surface area contributed by atoms with Crippen LogP contribution in [0.3, 0.4) is 0 Å². The molecular weight excluding hydrogens is 1020 g/mol. The quantitative estimate of drug-likeness (QED) is 0.0261. The van der Waals surface area contributed by atoms with Crippen molar-refractivity contribution in [2.75, 3.05) is 13.2 Å². The lowest BCUT2D eigenvalue weighted by atomic mass is 10.0. The van der Waals surface area contributed by atoms with Crippen LogP contribution in [0.4, 0.5) is 0 Å². The molecule has 0 heterocycles. The molecule has 0 saturated heterocycles. The summed E-state index contributed by atoms with van der Waals surface area (Å²) in [5, 5.41) is 0. The van der Waals surface area contributed by atoms with Gasteiger partial charge >= 0.3 is 17.9 Å². The van der Waals surface area contributed by atoms with Crippen molar-refractivity contribution >= 4 is 17.9 Å². The van der Waals surface area contributed by atoms with Gasteiger partial charge in [-0.05, 0) is 116 Å². The van der Waals surface area contributed by atoms with E-state index in [2.05, 4.69) is 154 Å². The van der Waals surface area contributed by atoms with Crippen LogP contribution >= 0.6 is 0 Å². The molecule has 0 aromatic carbocycles. The molecule has 0 N–H and O–H groups in total. The first-order valence-corrected chi connectivity index (χ1v) is 34.7. The zero-order valence-corrected chi connectivity index (χ0v) is 54.2. The van der Waals surface area contributed by atoms with Crippen molar-refractivity contribution in [1.29, 1.82) is 0 Å². The molecule has 1 atom stereocenters. The number of hydrogen-bond acceptors (Lipinski definition) is 6. The zero-order valence-electron chi connectivity index (χ0n) is 54.2. The van der Waals surface area contributed by atoms with Gasteiger partial charge in [-0.25, -0.2) is 0 Å². The molecule has 0 aromatic heterocycles. The molecule has 0 aliphatic carbocycles. The van der Waals surface area contributed by atoms with Gasteiger partial charge in [0.15, 0.2) is 6.10 Å². The first kappa shape index (κ1) is 78.5. The van der Waals surface area contributed by atoms with Gasteiger partial charge in [0.05, 0.1) is 0 Å². The van der Waals surface area contributed by atoms with Crippen molar-refractivity contribution in [2.24, 2.45) is 0 Å². The molecule has 0 fully saturated rings. The van der Waals surface area contributed by atoms with E-state index in [9.17, 15) is 14.4 Å². The average Bonchev–Trinajstić information content (AvgIpc) is 3.48. The summed E-state index contributed by atoms with van der Waals surface area (Å²) in [6, 6.07) is 0. The van der Waals surface area contributed by atoms with E-state index in [0.29, 0.717) is 19.3 Å². The maximum atomic E-state index is 12.8. The van der Waals surface area contributed by atoms with Gasteiger partial charge in [-0.2, -0.15) is 0 Å². The van der Waals surface area contributed by atoms with Crippen molar-refractivity contribution in [3.05, 3.63) is 134 Å². The molecule has 0 aromatic rings. The van der Waals surface area contributed by atoms with Gasteiger partial charge in [0.25, 0.3) is 0 Å². The molecule has 1 unspecified atom stereocenters. The van der Waals surface area contributed by atoms with Crippen LogP contribution in [0.1, 0.15) is 316 Å². The molecule has 0 radical (unpaired) electrons. The minimum Gasteiger partial charge on any atom is -0.462 e. The molecule has 0 aliphatic heterocycles. The molecule has 0 bridgehead atoms. The number of carbonyl (C=O) groups excluding carboxylic acids is 3. The summed E-state index contributed by atoms with van der Waals surface area (Å²) in [4.78, 5) is 38.0. The van der Waals surface area contributed by atoms with E-state index in [1.54, 1.807) is 0 Å². The lowest BCUT2D eigenvalue weighted by Gasteiger charge is -2.18. The summed E-state index contributed by atoms with van der Waals surface area (Å²) < 4.78 is 16.7. The Balaban J connectivity index is 4.09. The highest BCUT2D eigenvalue weighted by molar-refractivity contribution is 5.71. The minimum absolute atomic E-state index is 0.102. The van der Waals surface area contributed by atoms with Crippen molar-refractivity contribution in [1.82, 2.24) is 0 Å². The molecule has 83 heavy (non-hydrogen) atoms. The first-order valence-electron chi connectivity index (χ1n) is 34.7. The van der Waals surface area contributed by atoms with Crippen LogP contribution in [0.25, 0.3) is 0 Å². The van der Waals surface area contributed by atoms with Gasteiger partial charge in [0.1, 0.15) is 13.2 Å². The van der Waals surface area contributed by atoms with E-state index in [1.165, 1.54) is 148 Å². The molecule has 0 rings (SSSR count). The molecule has 0 aliphatic rings. The third kappa shape index (κ3) is 68.2. The number of ether oxygens (including phenoxy) is 3. The summed E-state index contributed by atoms with van der Waals surface area (Å²) >= 11 is 0. The lowest BCUT2D eigenvalue weighted by Crippen LogP contribution is -2.30. The summed E-state index contributed by atoms with van der Waals surface area (Å²) in [5.41, 5.74) is 0. The topological polar surface area (TPSA) is 78.9 Å². The standard InChI is InChI=1S/C77H128O6/c1-4-7-10-13-15-17-19-21-23-25-27-29-31-33-35-37-38-40-41-43-45-47-49-51-53-55-57-59-61-64-67-70-76(79)82-73-74(72-81-75(78)69-66-63-12-9-6-3)83-77(80)71-68-65-62-60-58-56-54-52-50-48-46-44-42-39-36-34-32-30-28-26-24-22-20-18-16-14-11-8-5-2/h8,11,16,18-19,21-22,24-25,27-28,30,34,36,42,44,48,50,54,56,60,62,74H,4-7,9-10,12-15,17,20,23,26,29,31-33,35,37-41,43,45-47,49,51-53,55,57-59,61,63-73H2,1-3H3/b11-8-,18-16-,21-19-,24-22-,27-25-,30-28-,36-34-,44-42-,50-48-,56-54-,62-60-. The summed E-state index contributed by atoms with van der Waals surface area (Å²) in [6.07, 6.45) is 99.7. The van der Waals surface area contributed by atoms with Crippen molar-refractivity contribution in [3.63, 3.8) is 0 Å². The largest absolute Gasteiger partial charge is 0.462 e. The van der Waals surface area contributed by atoms with Crippen LogP contribution in [0.2, 0.25) is 0 Å². The Morgan fingerprint density at radius 3 is 0.771 bits per heavy atom. The second-order valence-electron chi connectivity index (χ2n) is 22.7. The fraction of sp³-hybridized carbons (Fsp3) is 0.675. The summed E-state index contributed by atoms with van der Waals surface area (Å²) in [7, 11) is 0. The minimum atomic E-state index is -0.809. The summed E-state index contributed by atoms with van der Waals surface area (Å²) in [6.45, 7) is 6.40. The van der Waals surface area contributed by atoms with Gasteiger partial charge in [-0.3, -0.25) is 14.4 Å². The number of rotatable bonds is 62. The highest BCUT2D eigenvalue weighted by Crippen LogP contribution is 2.17. The number of unbranched alkanes of at least 4 members (excludes halogenated alkanes) is 29. The number of hydrogen-bond donors (Lipinski definition) is 0. The molecular formula is C77H128O6. The van der Waals surface area contributed by atoms with Crippen LogP contribution in [0.15, 0.2) is 134 Å². The van der Waals surface area contributed by atoms with E-state index in [0.717, 1.165) is 122 Å². The highest BCUT2D eigenvalue weighted by Gasteiger charge is 2.19. The van der Waals surface area contributed by atoms with E-state index in [-0.39, 0.29) is 37.5 Å². The third-order valence-corrected chi connectivity index (χ3v) is 14.6. The molecule has 6 heteroatoms. The van der Waals surface area contributed by atoms with Crippen LogP contribution < -0.4 is 0 Å². The molecule has 6 nitrogen and oxygen atoms in total. The maximum absolute atomic E-state index is 12.8. The Morgan fingerprint density at radius 1 is 0.253 bits per heavy atom. The maximum Gasteiger partial charge on any atom is 0.306 e. The Kier molecular flexibility index (Phi) is 66.3. The average molecular weight is 1150 g/mol. The van der Waals surface area contributed by atoms with Gasteiger partial charge in [-0.15, -0.1) is 0 Å². The van der Waals surface area contributed by atoms with Gasteiger partial charge in [0.2, 0.25) is 0 Å². The number of allylic oxidation sites excluding steroid dienone is 22. The SMILES string of the molecule is CC/C=C\C/C=C\C/C=C\C/C=C\C/C=C\C/C=C\C/C=C\C/C=C\C/C=C\CCCC(=O)OC(COC(=O)CCCCCCC)COC(=O)CCCCCCCCCCCCCCCCCCCCC/C=C\C/C=C\CCCCCCC. The first-order chi connectivity index (χ1) is 41.0. The zero-order chi connectivity index (χ0) is 59.9. The summed E-state index contributed by atoms with van der Waals surface area (Å²) in [5.74, 6) is -0.972. The van der Waals surface area contributed by atoms with Gasteiger partial charge in [-0.1, -0.05) is 315 Å². The predicted octanol–water partition coefficient (Wildman–Crippen LogP) is 24.1. The predicted molar refractivity (Wildman–Crippen MR) is 362 cm³/mol. The van der Waals surface area contributed by atoms with E-state index < -0.39 is 6.10 Å².